The Morgan fingerprint density at radius 3 is 2.56 bits per heavy atom. The maximum Gasteiger partial charge on any atom is 0.247 e. The first-order valence-corrected chi connectivity index (χ1v) is 10.6. The molecular formula is C22H28N2O2S. The van der Waals surface area contributed by atoms with Crippen molar-refractivity contribution >= 4 is 23.2 Å². The van der Waals surface area contributed by atoms with Crippen molar-refractivity contribution < 1.29 is 9.59 Å². The van der Waals surface area contributed by atoms with Crippen LogP contribution in [0, 0.1) is 6.92 Å². The molecule has 2 aromatic rings. The van der Waals surface area contributed by atoms with Gasteiger partial charge in [-0.2, -0.15) is 0 Å². The second kappa shape index (κ2) is 9.18. The van der Waals surface area contributed by atoms with Crippen molar-refractivity contribution in [2.24, 2.45) is 0 Å². The van der Waals surface area contributed by atoms with Crippen molar-refractivity contribution in [2.75, 3.05) is 7.05 Å². The highest BCUT2D eigenvalue weighted by molar-refractivity contribution is 7.10. The Hall–Kier alpha value is -2.14. The van der Waals surface area contributed by atoms with Crippen molar-refractivity contribution in [3.8, 4) is 0 Å². The van der Waals surface area contributed by atoms with E-state index >= 15 is 0 Å². The smallest absolute Gasteiger partial charge is 0.247 e. The highest BCUT2D eigenvalue weighted by Gasteiger charge is 2.31. The number of aryl methyl sites for hydroxylation is 1. The molecule has 1 heterocycles. The van der Waals surface area contributed by atoms with E-state index in [4.69, 9.17) is 0 Å². The van der Waals surface area contributed by atoms with Crippen molar-refractivity contribution in [3.63, 3.8) is 0 Å². The topological polar surface area (TPSA) is 49.4 Å². The van der Waals surface area contributed by atoms with E-state index in [-0.39, 0.29) is 17.9 Å². The second-order valence-electron chi connectivity index (χ2n) is 7.36. The summed E-state index contributed by atoms with van der Waals surface area (Å²) in [5.74, 6) is -0.109. The second-order valence-corrected chi connectivity index (χ2v) is 8.40. The Morgan fingerprint density at radius 2 is 1.89 bits per heavy atom. The van der Waals surface area contributed by atoms with Gasteiger partial charge in [0, 0.05) is 18.0 Å². The summed E-state index contributed by atoms with van der Waals surface area (Å²) in [6.07, 6.45) is 5.94. The molecule has 1 aliphatic carbocycles. The molecule has 1 aliphatic rings. The fraction of sp³-hybridized carbons (Fsp3) is 0.455. The van der Waals surface area contributed by atoms with Crippen LogP contribution in [0.5, 0.6) is 0 Å². The zero-order valence-corrected chi connectivity index (χ0v) is 16.9. The van der Waals surface area contributed by atoms with Crippen LogP contribution >= 0.6 is 11.3 Å². The minimum absolute atomic E-state index is 0.0375. The van der Waals surface area contributed by atoms with Crippen molar-refractivity contribution in [2.45, 2.75) is 57.5 Å². The van der Waals surface area contributed by atoms with Crippen molar-refractivity contribution in [1.82, 2.24) is 10.2 Å². The van der Waals surface area contributed by atoms with Gasteiger partial charge in [-0.25, -0.2) is 0 Å². The fourth-order valence-electron chi connectivity index (χ4n) is 3.78. The third kappa shape index (κ3) is 4.98. The van der Waals surface area contributed by atoms with E-state index in [2.05, 4.69) is 5.32 Å². The first-order chi connectivity index (χ1) is 13.1. The monoisotopic (exact) mass is 384 g/mol. The molecule has 1 unspecified atom stereocenters. The molecule has 3 rings (SSSR count). The number of carbonyl (C=O) groups excluding carboxylic acids is 2. The average Bonchev–Trinajstić information content (AvgIpc) is 3.17. The van der Waals surface area contributed by atoms with Gasteiger partial charge >= 0.3 is 0 Å². The van der Waals surface area contributed by atoms with Crippen LogP contribution in [0.3, 0.4) is 0 Å². The molecule has 1 fully saturated rings. The average molecular weight is 385 g/mol. The molecule has 144 valence electrons. The molecule has 4 nitrogen and oxygen atoms in total. The summed E-state index contributed by atoms with van der Waals surface area (Å²) in [4.78, 5) is 28.7. The van der Waals surface area contributed by atoms with Gasteiger partial charge in [-0.15, -0.1) is 11.3 Å². The Morgan fingerprint density at radius 1 is 1.15 bits per heavy atom. The van der Waals surface area contributed by atoms with Gasteiger partial charge in [0.25, 0.3) is 0 Å². The summed E-state index contributed by atoms with van der Waals surface area (Å²) in [6, 6.07) is 11.4. The van der Waals surface area contributed by atoms with E-state index in [0.29, 0.717) is 6.42 Å². The standard InChI is InChI=1S/C22H28N2O2S/c1-16-9-6-7-13-19(16)21(22(26)23-17-10-4-3-5-11-17)24(2)20(25)15-18-12-8-14-27-18/h6-9,12-14,17,21H,3-5,10-11,15H2,1-2H3,(H,23,26). The normalized spacial score (nSPS) is 15.9. The zero-order valence-electron chi connectivity index (χ0n) is 16.1. The molecule has 1 aromatic carbocycles. The minimum atomic E-state index is -0.597. The maximum absolute atomic E-state index is 13.2. The first-order valence-electron chi connectivity index (χ1n) is 9.70. The Kier molecular flexibility index (Phi) is 6.67. The van der Waals surface area contributed by atoms with E-state index < -0.39 is 6.04 Å². The van der Waals surface area contributed by atoms with Crippen LogP contribution in [0.1, 0.15) is 54.1 Å². The van der Waals surface area contributed by atoms with Crippen LogP contribution in [0.2, 0.25) is 0 Å². The molecule has 0 spiro atoms. The molecule has 1 atom stereocenters. The van der Waals surface area contributed by atoms with Gasteiger partial charge in [-0.1, -0.05) is 49.6 Å². The van der Waals surface area contributed by atoms with Crippen LogP contribution in [0.15, 0.2) is 41.8 Å². The third-order valence-corrected chi connectivity index (χ3v) is 6.25. The van der Waals surface area contributed by atoms with Gasteiger partial charge in [0.15, 0.2) is 0 Å². The summed E-state index contributed by atoms with van der Waals surface area (Å²) in [5, 5.41) is 5.18. The fourth-order valence-corrected chi connectivity index (χ4v) is 4.47. The predicted octanol–water partition coefficient (Wildman–Crippen LogP) is 4.25. The van der Waals surface area contributed by atoms with Crippen LogP contribution in [-0.4, -0.2) is 29.8 Å². The van der Waals surface area contributed by atoms with Gasteiger partial charge < -0.3 is 10.2 Å². The molecule has 1 N–H and O–H groups in total. The van der Waals surface area contributed by atoms with Crippen molar-refractivity contribution in [3.05, 3.63) is 57.8 Å². The van der Waals surface area contributed by atoms with Crippen LogP contribution in [0.25, 0.3) is 0 Å². The third-order valence-electron chi connectivity index (χ3n) is 5.37. The molecule has 0 aliphatic heterocycles. The van der Waals surface area contributed by atoms with Crippen LogP contribution in [0.4, 0.5) is 0 Å². The van der Waals surface area contributed by atoms with Gasteiger partial charge in [-0.3, -0.25) is 9.59 Å². The number of nitrogens with one attached hydrogen (secondary N) is 1. The lowest BCUT2D eigenvalue weighted by atomic mass is 9.94. The number of carbonyl (C=O) groups is 2. The molecular weight excluding hydrogens is 356 g/mol. The number of likely N-dealkylation sites (N-methyl/N-ethyl adjacent to an activating group) is 1. The summed E-state index contributed by atoms with van der Waals surface area (Å²) in [7, 11) is 1.74. The Balaban J connectivity index is 1.81. The quantitative estimate of drug-likeness (QED) is 0.809. The highest BCUT2D eigenvalue weighted by atomic mass is 32.1. The molecule has 0 bridgehead atoms. The predicted molar refractivity (Wildman–Crippen MR) is 110 cm³/mol. The molecule has 5 heteroatoms. The number of benzene rings is 1. The lowest BCUT2D eigenvalue weighted by Crippen LogP contribution is -2.46. The number of amides is 2. The first kappa shape index (κ1) is 19.6. The number of thiophene rings is 1. The molecule has 0 radical (unpaired) electrons. The van der Waals surface area contributed by atoms with Crippen LogP contribution < -0.4 is 5.32 Å². The number of rotatable bonds is 6. The number of hydrogen-bond donors (Lipinski definition) is 1. The molecule has 1 aromatic heterocycles. The van der Waals surface area contributed by atoms with Crippen LogP contribution in [-0.2, 0) is 16.0 Å². The van der Waals surface area contributed by atoms with Gasteiger partial charge in [0.2, 0.25) is 11.8 Å². The number of nitrogens with zero attached hydrogens (tertiary/aromatic N) is 1. The van der Waals surface area contributed by atoms with E-state index in [1.807, 2.05) is 48.7 Å². The number of hydrogen-bond acceptors (Lipinski definition) is 3. The summed E-state index contributed by atoms with van der Waals surface area (Å²) >= 11 is 1.57. The van der Waals surface area contributed by atoms with Gasteiger partial charge in [0.05, 0.1) is 6.42 Å². The van der Waals surface area contributed by atoms with E-state index in [0.717, 1.165) is 41.7 Å². The minimum Gasteiger partial charge on any atom is -0.351 e. The molecule has 27 heavy (non-hydrogen) atoms. The van der Waals surface area contributed by atoms with E-state index in [9.17, 15) is 9.59 Å². The molecule has 2 amide bonds. The Labute approximate surface area is 165 Å². The summed E-state index contributed by atoms with van der Waals surface area (Å²) in [5.41, 5.74) is 1.92. The Bertz CT molecular complexity index is 766. The lowest BCUT2D eigenvalue weighted by molar-refractivity contribution is -0.139. The SMILES string of the molecule is Cc1ccccc1C(C(=O)NC1CCCCC1)N(C)C(=O)Cc1cccs1. The molecule has 1 saturated carbocycles. The van der Waals surface area contributed by atoms with E-state index in [1.54, 1.807) is 23.3 Å². The lowest BCUT2D eigenvalue weighted by Gasteiger charge is -2.31. The van der Waals surface area contributed by atoms with E-state index in [1.165, 1.54) is 6.42 Å². The summed E-state index contributed by atoms with van der Waals surface area (Å²) < 4.78 is 0. The highest BCUT2D eigenvalue weighted by Crippen LogP contribution is 2.26. The zero-order chi connectivity index (χ0) is 19.2. The van der Waals surface area contributed by atoms with Gasteiger partial charge in [0.1, 0.15) is 6.04 Å². The maximum atomic E-state index is 13.2. The summed E-state index contributed by atoms with van der Waals surface area (Å²) in [6.45, 7) is 1.99. The molecule has 0 saturated heterocycles. The largest absolute Gasteiger partial charge is 0.351 e. The van der Waals surface area contributed by atoms with Crippen molar-refractivity contribution in [1.29, 1.82) is 0 Å². The van der Waals surface area contributed by atoms with Gasteiger partial charge in [-0.05, 0) is 42.3 Å².